The van der Waals surface area contributed by atoms with E-state index in [1.807, 2.05) is 65.2 Å². The molecule has 13 heteroatoms. The Morgan fingerprint density at radius 3 is 2.62 bits per heavy atom. The molecule has 0 radical (unpaired) electrons. The average Bonchev–Trinajstić information content (AvgIpc) is 3.86. The molecule has 2 aliphatic rings. The van der Waals surface area contributed by atoms with E-state index in [4.69, 9.17) is 4.74 Å². The number of fused-ring (bicyclic) bond motifs is 2. The molecule has 1 unspecified atom stereocenters. The van der Waals surface area contributed by atoms with Crippen molar-refractivity contribution in [1.29, 1.82) is 0 Å². The van der Waals surface area contributed by atoms with E-state index >= 15 is 0 Å². The molecule has 0 bridgehead atoms. The quantitative estimate of drug-likeness (QED) is 0.0821. The number of nitrogens with one attached hydrogen (secondary N) is 4. The van der Waals surface area contributed by atoms with Crippen LogP contribution in [0.2, 0.25) is 0 Å². The molecular weight excluding hydrogens is 672 g/mol. The maximum absolute atomic E-state index is 13.1. The van der Waals surface area contributed by atoms with Crippen LogP contribution in [0.1, 0.15) is 80.1 Å². The number of hydrogen-bond acceptors (Lipinski definition) is 7. The Morgan fingerprint density at radius 2 is 1.85 bits per heavy atom. The molecule has 5 amide bonds. The van der Waals surface area contributed by atoms with Gasteiger partial charge in [-0.15, -0.1) is 0 Å². The number of imidazole rings is 1. The lowest BCUT2D eigenvalue weighted by molar-refractivity contribution is -0.136. The van der Waals surface area contributed by atoms with Crippen LogP contribution in [0.3, 0.4) is 0 Å². The second-order valence-corrected chi connectivity index (χ2v) is 14.1. The minimum atomic E-state index is -0.649. The first-order chi connectivity index (χ1) is 25.5. The fourth-order valence-corrected chi connectivity index (χ4v) is 6.41. The van der Waals surface area contributed by atoms with E-state index in [1.54, 1.807) is 17.3 Å². The zero-order valence-electron chi connectivity index (χ0n) is 29.8. The number of anilines is 2. The summed E-state index contributed by atoms with van der Waals surface area (Å²) in [5.41, 5.74) is 6.26. The van der Waals surface area contributed by atoms with Crippen molar-refractivity contribution >= 4 is 46.3 Å². The number of amides is 5. The smallest absolute Gasteiger partial charge is 0.324 e. The first kappa shape index (κ1) is 35.0. The van der Waals surface area contributed by atoms with Gasteiger partial charge in [0.2, 0.25) is 11.8 Å². The van der Waals surface area contributed by atoms with Gasteiger partial charge in [0, 0.05) is 65.1 Å². The van der Waals surface area contributed by atoms with E-state index in [0.29, 0.717) is 43.1 Å². The number of carbonyl (C=O) groups is 4. The van der Waals surface area contributed by atoms with Crippen LogP contribution in [-0.4, -0.2) is 61.0 Å². The van der Waals surface area contributed by atoms with E-state index in [1.165, 1.54) is 0 Å². The highest BCUT2D eigenvalue weighted by molar-refractivity contribution is 6.05. The van der Waals surface area contributed by atoms with Crippen LogP contribution < -0.4 is 20.7 Å². The van der Waals surface area contributed by atoms with E-state index in [-0.39, 0.29) is 29.7 Å². The summed E-state index contributed by atoms with van der Waals surface area (Å²) in [6.45, 7) is 7.04. The van der Waals surface area contributed by atoms with Crippen molar-refractivity contribution in [2.45, 2.75) is 70.9 Å². The molecule has 53 heavy (non-hydrogen) atoms. The van der Waals surface area contributed by atoms with Gasteiger partial charge in [0.05, 0.1) is 17.6 Å². The van der Waals surface area contributed by atoms with Gasteiger partial charge < -0.3 is 15.0 Å². The van der Waals surface area contributed by atoms with E-state index in [2.05, 4.69) is 63.7 Å². The maximum atomic E-state index is 13.1. The summed E-state index contributed by atoms with van der Waals surface area (Å²) in [4.78, 5) is 55.7. The SMILES string of the molecule is CC(C)(C)c1cc(NC(=O)Nc2ccc(-n3cnc4cc(OCCCCC#Cc5cccc6c5CN(C5CCC(=O)NC5=O)C6=O)ccc43)cc2)n[nH]1. The number of hydrogen-bond donors (Lipinski definition) is 4. The molecule has 3 aromatic carbocycles. The van der Waals surface area contributed by atoms with Crippen LogP contribution >= 0.6 is 0 Å². The van der Waals surface area contributed by atoms with Crippen molar-refractivity contribution in [3.63, 3.8) is 0 Å². The number of aromatic amines is 1. The Labute approximate surface area is 306 Å². The van der Waals surface area contributed by atoms with Crippen LogP contribution in [0.4, 0.5) is 16.3 Å². The normalized spacial score (nSPS) is 15.5. The lowest BCUT2D eigenvalue weighted by Crippen LogP contribution is -2.52. The molecule has 5 aromatic rings. The zero-order chi connectivity index (χ0) is 37.1. The molecule has 0 aliphatic carbocycles. The number of aromatic nitrogens is 4. The number of benzene rings is 3. The van der Waals surface area contributed by atoms with Crippen molar-refractivity contribution in [3.8, 4) is 23.3 Å². The number of urea groups is 1. The van der Waals surface area contributed by atoms with Crippen LogP contribution in [0.25, 0.3) is 16.7 Å². The van der Waals surface area contributed by atoms with Gasteiger partial charge in [-0.2, -0.15) is 5.10 Å². The van der Waals surface area contributed by atoms with Crippen LogP contribution in [0.5, 0.6) is 5.75 Å². The topological polar surface area (TPSA) is 163 Å². The number of H-pyrrole nitrogens is 1. The Kier molecular flexibility index (Phi) is 9.69. The first-order valence-corrected chi connectivity index (χ1v) is 17.6. The number of carbonyl (C=O) groups excluding carboxylic acids is 4. The number of imide groups is 1. The molecule has 0 spiro atoms. The molecule has 4 heterocycles. The fourth-order valence-electron chi connectivity index (χ4n) is 6.41. The van der Waals surface area contributed by atoms with Gasteiger partial charge in [0.15, 0.2) is 5.82 Å². The van der Waals surface area contributed by atoms with Gasteiger partial charge in [-0.05, 0) is 73.4 Å². The summed E-state index contributed by atoms with van der Waals surface area (Å²) >= 11 is 0. The molecule has 1 atom stereocenters. The van der Waals surface area contributed by atoms with Gasteiger partial charge in [0.25, 0.3) is 5.91 Å². The predicted octanol–water partition coefficient (Wildman–Crippen LogP) is 6.05. The van der Waals surface area contributed by atoms with Crippen LogP contribution in [-0.2, 0) is 21.5 Å². The van der Waals surface area contributed by atoms with E-state index in [9.17, 15) is 19.2 Å². The Bertz CT molecular complexity index is 2270. The maximum Gasteiger partial charge on any atom is 0.324 e. The number of unbranched alkanes of at least 4 members (excludes halogenated alkanes) is 2. The highest BCUT2D eigenvalue weighted by atomic mass is 16.5. The van der Waals surface area contributed by atoms with Gasteiger partial charge in [-0.25, -0.2) is 9.78 Å². The zero-order valence-corrected chi connectivity index (χ0v) is 29.8. The molecule has 1 saturated heterocycles. The summed E-state index contributed by atoms with van der Waals surface area (Å²) < 4.78 is 7.99. The van der Waals surface area contributed by atoms with Crippen molar-refractivity contribution in [3.05, 3.63) is 95.4 Å². The standard InChI is InChI=1S/C40H40N8O5/c1-40(2,3)34-22-35(46-45-34)43-39(52)42-26-12-14-27(15-13-26)48-24-41-31-21-28(16-17-32(31)48)53-20-7-5-4-6-9-25-10-8-11-29-30(25)23-47(38(29)51)33-18-19-36(49)44-37(33)50/h8,10-17,21-22,24,33H,4-5,7,18-20,23H2,1-3H3,(H,44,49,50)(H3,42,43,45,46,52). The third-order valence-corrected chi connectivity index (χ3v) is 9.32. The number of piperidine rings is 1. The summed E-state index contributed by atoms with van der Waals surface area (Å²) in [6, 6.07) is 19.6. The van der Waals surface area contributed by atoms with Gasteiger partial charge in [-0.3, -0.25) is 34.7 Å². The lowest BCUT2D eigenvalue weighted by Gasteiger charge is -2.29. The Balaban J connectivity index is 0.876. The summed E-state index contributed by atoms with van der Waals surface area (Å²) in [7, 11) is 0. The molecule has 0 saturated carbocycles. The highest BCUT2D eigenvalue weighted by Gasteiger charge is 2.39. The number of ether oxygens (including phenoxy) is 1. The third kappa shape index (κ3) is 7.77. The Morgan fingerprint density at radius 1 is 1.02 bits per heavy atom. The molecule has 2 aromatic heterocycles. The highest BCUT2D eigenvalue weighted by Crippen LogP contribution is 2.30. The fraction of sp³-hybridized carbons (Fsp3) is 0.300. The first-order valence-electron chi connectivity index (χ1n) is 17.6. The van der Waals surface area contributed by atoms with Crippen molar-refractivity contribution in [2.75, 3.05) is 17.2 Å². The number of rotatable bonds is 9. The monoisotopic (exact) mass is 712 g/mol. The van der Waals surface area contributed by atoms with Crippen LogP contribution in [0.15, 0.2) is 73.1 Å². The average molecular weight is 713 g/mol. The van der Waals surface area contributed by atoms with Gasteiger partial charge in [-0.1, -0.05) is 38.7 Å². The summed E-state index contributed by atoms with van der Waals surface area (Å²) in [5.74, 6) is 6.70. The largest absolute Gasteiger partial charge is 0.494 e. The minimum Gasteiger partial charge on any atom is -0.494 e. The van der Waals surface area contributed by atoms with Crippen LogP contribution in [0, 0.1) is 11.8 Å². The lowest BCUT2D eigenvalue weighted by atomic mass is 9.92. The van der Waals surface area contributed by atoms with E-state index < -0.39 is 11.9 Å². The molecule has 13 nitrogen and oxygen atoms in total. The summed E-state index contributed by atoms with van der Waals surface area (Å²) in [5, 5.41) is 15.1. The molecular formula is C40H40N8O5. The molecule has 7 rings (SSSR count). The minimum absolute atomic E-state index is 0.103. The third-order valence-electron chi connectivity index (χ3n) is 9.32. The van der Waals surface area contributed by atoms with Gasteiger partial charge in [0.1, 0.15) is 18.1 Å². The summed E-state index contributed by atoms with van der Waals surface area (Å²) in [6.07, 6.45) is 4.63. The molecule has 2 aliphatic heterocycles. The number of nitrogens with zero attached hydrogens (tertiary/aromatic N) is 4. The van der Waals surface area contributed by atoms with Crippen molar-refractivity contribution in [2.24, 2.45) is 0 Å². The second-order valence-electron chi connectivity index (χ2n) is 14.1. The predicted molar refractivity (Wildman–Crippen MR) is 200 cm³/mol. The molecule has 1 fully saturated rings. The van der Waals surface area contributed by atoms with Gasteiger partial charge >= 0.3 is 6.03 Å². The second kappa shape index (κ2) is 14.7. The molecule has 270 valence electrons. The van der Waals surface area contributed by atoms with Crippen molar-refractivity contribution < 1.29 is 23.9 Å². The van der Waals surface area contributed by atoms with E-state index in [0.717, 1.165) is 52.1 Å². The molecule has 4 N–H and O–H groups in total. The Hall–Kier alpha value is -6.42. The van der Waals surface area contributed by atoms with Crippen molar-refractivity contribution in [1.82, 2.24) is 30.0 Å².